The van der Waals surface area contributed by atoms with Crippen LogP contribution in [0.1, 0.15) is 17.4 Å². The molecule has 0 spiro atoms. The van der Waals surface area contributed by atoms with Crippen LogP contribution in [0.2, 0.25) is 0 Å². The van der Waals surface area contributed by atoms with E-state index in [9.17, 15) is 10.1 Å². The summed E-state index contributed by atoms with van der Waals surface area (Å²) in [4.78, 5) is 20.5. The van der Waals surface area contributed by atoms with Gasteiger partial charge in [-0.05, 0) is 30.2 Å². The molecule has 5 rings (SSSR count). The Labute approximate surface area is 167 Å². The van der Waals surface area contributed by atoms with E-state index < -0.39 is 0 Å². The van der Waals surface area contributed by atoms with Gasteiger partial charge in [0.05, 0.1) is 17.9 Å². The van der Waals surface area contributed by atoms with Gasteiger partial charge in [0.25, 0.3) is 5.91 Å². The van der Waals surface area contributed by atoms with E-state index in [1.807, 2.05) is 30.3 Å². The maximum atomic E-state index is 12.9. The van der Waals surface area contributed by atoms with Crippen LogP contribution < -0.4 is 4.74 Å². The van der Waals surface area contributed by atoms with Gasteiger partial charge in [0.2, 0.25) is 0 Å². The molecule has 8 nitrogen and oxygen atoms in total. The highest BCUT2D eigenvalue weighted by molar-refractivity contribution is 5.96. The van der Waals surface area contributed by atoms with Crippen LogP contribution in [0.3, 0.4) is 0 Å². The van der Waals surface area contributed by atoms with Crippen molar-refractivity contribution in [2.75, 3.05) is 6.54 Å². The van der Waals surface area contributed by atoms with E-state index in [4.69, 9.17) is 4.74 Å². The molecular formula is C21H18N6O2. The van der Waals surface area contributed by atoms with Gasteiger partial charge < -0.3 is 9.64 Å². The average Bonchev–Trinajstić information content (AvgIpc) is 3.12. The second-order valence-corrected chi connectivity index (χ2v) is 7.30. The van der Waals surface area contributed by atoms with Crippen LogP contribution in [0, 0.1) is 17.4 Å². The molecule has 1 amide bonds. The minimum atomic E-state index is -0.148. The number of para-hydroxylation sites is 1. The quantitative estimate of drug-likeness (QED) is 0.547. The van der Waals surface area contributed by atoms with E-state index >= 15 is 0 Å². The SMILES string of the molecule is CC1CN(C#N)C2[C@@H]1N2C(=O)c1cc(-c2ccncc2Oc2ccccc2)n[nH]1. The van der Waals surface area contributed by atoms with Crippen molar-refractivity contribution in [2.24, 2.45) is 5.92 Å². The second-order valence-electron chi connectivity index (χ2n) is 7.30. The number of aromatic nitrogens is 3. The molecule has 2 aromatic heterocycles. The van der Waals surface area contributed by atoms with Crippen molar-refractivity contribution < 1.29 is 9.53 Å². The lowest BCUT2D eigenvalue weighted by molar-refractivity contribution is 0.0810. The molecule has 0 radical (unpaired) electrons. The second kappa shape index (κ2) is 6.63. The van der Waals surface area contributed by atoms with Crippen LogP contribution >= 0.6 is 0 Å². The molecule has 2 unspecified atom stereocenters. The lowest BCUT2D eigenvalue weighted by atomic mass is 10.1. The molecule has 1 N–H and O–H groups in total. The number of nitrogens with one attached hydrogen (secondary N) is 1. The fourth-order valence-corrected chi connectivity index (χ4v) is 4.02. The first-order valence-corrected chi connectivity index (χ1v) is 9.39. The highest BCUT2D eigenvalue weighted by Crippen LogP contribution is 2.44. The summed E-state index contributed by atoms with van der Waals surface area (Å²) in [6, 6.07) is 13.0. The van der Waals surface area contributed by atoms with Crippen molar-refractivity contribution in [1.82, 2.24) is 25.0 Å². The Bertz CT molecular complexity index is 1110. The van der Waals surface area contributed by atoms with Gasteiger partial charge >= 0.3 is 0 Å². The Morgan fingerprint density at radius 2 is 2.14 bits per heavy atom. The van der Waals surface area contributed by atoms with Crippen LogP contribution in [0.4, 0.5) is 0 Å². The lowest BCUT2D eigenvalue weighted by Gasteiger charge is -2.16. The predicted octanol–water partition coefficient (Wildman–Crippen LogP) is 2.85. The minimum Gasteiger partial charge on any atom is -0.455 e. The van der Waals surface area contributed by atoms with Crippen molar-refractivity contribution >= 4 is 5.91 Å². The van der Waals surface area contributed by atoms with E-state index in [1.54, 1.807) is 34.3 Å². The molecule has 0 aliphatic carbocycles. The van der Waals surface area contributed by atoms with Crippen LogP contribution in [0.5, 0.6) is 11.5 Å². The van der Waals surface area contributed by atoms with E-state index in [2.05, 4.69) is 28.3 Å². The number of carbonyl (C=O) groups excluding carboxylic acids is 1. The molecule has 2 fully saturated rings. The number of benzene rings is 1. The van der Waals surface area contributed by atoms with Gasteiger partial charge in [-0.25, -0.2) is 0 Å². The highest BCUT2D eigenvalue weighted by Gasteiger charge is 2.62. The number of rotatable bonds is 4. The van der Waals surface area contributed by atoms with E-state index in [0.29, 0.717) is 29.4 Å². The molecule has 4 heterocycles. The number of nitrogens with zero attached hydrogens (tertiary/aromatic N) is 5. The largest absolute Gasteiger partial charge is 0.455 e. The summed E-state index contributed by atoms with van der Waals surface area (Å²) in [7, 11) is 0. The first kappa shape index (κ1) is 17.3. The van der Waals surface area contributed by atoms with Crippen molar-refractivity contribution in [3.8, 4) is 28.9 Å². The fourth-order valence-electron chi connectivity index (χ4n) is 4.02. The number of hydrogen-bond acceptors (Lipinski definition) is 6. The molecule has 3 atom stereocenters. The molecule has 2 aliphatic heterocycles. The Hall–Kier alpha value is -3.86. The van der Waals surface area contributed by atoms with Gasteiger partial charge in [0.15, 0.2) is 11.9 Å². The topological polar surface area (TPSA) is 97.9 Å². The standard InChI is InChI=1S/C21H18N6O2/c1-13-11-26(12-22)20-19(13)27(20)21(28)17-9-16(24-25-17)15-7-8-23-10-18(15)29-14-5-3-2-4-6-14/h2-10,13,19-20H,11H2,1H3,(H,24,25)/t13?,19-,20?,27?/m1/s1. The molecule has 29 heavy (non-hydrogen) atoms. The highest BCUT2D eigenvalue weighted by atomic mass is 16.5. The summed E-state index contributed by atoms with van der Waals surface area (Å²) >= 11 is 0. The molecule has 0 bridgehead atoms. The minimum absolute atomic E-state index is 0.0896. The summed E-state index contributed by atoms with van der Waals surface area (Å²) in [5.74, 6) is 1.37. The number of H-pyrrole nitrogens is 1. The van der Waals surface area contributed by atoms with Gasteiger partial charge in [0, 0.05) is 18.3 Å². The first-order valence-electron chi connectivity index (χ1n) is 9.39. The molecule has 144 valence electrons. The molecule has 8 heteroatoms. The summed E-state index contributed by atoms with van der Waals surface area (Å²) in [6.45, 7) is 2.76. The van der Waals surface area contributed by atoms with Gasteiger partial charge in [-0.2, -0.15) is 10.4 Å². The number of pyridine rings is 1. The van der Waals surface area contributed by atoms with E-state index in [1.165, 1.54) is 0 Å². The number of nitriles is 1. The number of fused-ring (bicyclic) bond motifs is 1. The summed E-state index contributed by atoms with van der Waals surface area (Å²) in [5, 5.41) is 16.4. The number of carbonyl (C=O) groups is 1. The monoisotopic (exact) mass is 386 g/mol. The zero-order chi connectivity index (χ0) is 20.0. The molecular weight excluding hydrogens is 368 g/mol. The maximum Gasteiger partial charge on any atom is 0.274 e. The molecule has 2 aliphatic rings. The Balaban J connectivity index is 1.39. The summed E-state index contributed by atoms with van der Waals surface area (Å²) in [6.07, 6.45) is 5.32. The fraction of sp³-hybridized carbons (Fsp3) is 0.238. The van der Waals surface area contributed by atoms with Crippen molar-refractivity contribution in [3.05, 3.63) is 60.6 Å². The van der Waals surface area contributed by atoms with Crippen molar-refractivity contribution in [2.45, 2.75) is 19.1 Å². The third-order valence-corrected chi connectivity index (χ3v) is 5.41. The van der Waals surface area contributed by atoms with Crippen LogP contribution in [0.15, 0.2) is 54.9 Å². The van der Waals surface area contributed by atoms with E-state index in [0.717, 1.165) is 5.56 Å². The maximum absolute atomic E-state index is 12.9. The smallest absolute Gasteiger partial charge is 0.274 e. The average molecular weight is 386 g/mol. The summed E-state index contributed by atoms with van der Waals surface area (Å²) < 4.78 is 5.94. The number of ether oxygens (including phenoxy) is 1. The molecule has 0 saturated carbocycles. The third-order valence-electron chi connectivity index (χ3n) is 5.41. The molecule has 1 aromatic carbocycles. The number of amides is 1. The normalized spacial score (nSPS) is 22.1. The Kier molecular flexibility index (Phi) is 3.95. The van der Waals surface area contributed by atoms with Crippen molar-refractivity contribution in [1.29, 1.82) is 5.26 Å². The lowest BCUT2D eigenvalue weighted by Crippen LogP contribution is -2.30. The predicted molar refractivity (Wildman–Crippen MR) is 104 cm³/mol. The molecule has 2 saturated heterocycles. The zero-order valence-corrected chi connectivity index (χ0v) is 15.7. The third kappa shape index (κ3) is 2.88. The van der Waals surface area contributed by atoms with Crippen LogP contribution in [-0.2, 0) is 0 Å². The van der Waals surface area contributed by atoms with Gasteiger partial charge in [-0.1, -0.05) is 25.1 Å². The van der Waals surface area contributed by atoms with Gasteiger partial charge in [-0.3, -0.25) is 19.8 Å². The van der Waals surface area contributed by atoms with Crippen LogP contribution in [0.25, 0.3) is 11.3 Å². The van der Waals surface area contributed by atoms with E-state index in [-0.39, 0.29) is 24.0 Å². The van der Waals surface area contributed by atoms with Gasteiger partial charge in [-0.15, -0.1) is 0 Å². The van der Waals surface area contributed by atoms with Crippen LogP contribution in [-0.4, -0.2) is 49.6 Å². The number of aromatic amines is 1. The first-order chi connectivity index (χ1) is 14.2. The molecule has 3 aromatic rings. The number of hydrogen-bond donors (Lipinski definition) is 1. The van der Waals surface area contributed by atoms with Gasteiger partial charge in [0.1, 0.15) is 17.6 Å². The Morgan fingerprint density at radius 1 is 1.31 bits per heavy atom. The summed E-state index contributed by atoms with van der Waals surface area (Å²) in [5.41, 5.74) is 1.72. The number of likely N-dealkylation sites (tertiary alicyclic amines) is 1. The Morgan fingerprint density at radius 3 is 2.93 bits per heavy atom. The zero-order valence-electron chi connectivity index (χ0n) is 15.7. The van der Waals surface area contributed by atoms with Crippen molar-refractivity contribution in [3.63, 3.8) is 0 Å².